The standard InChI is InChI=1S/C19H15N3O/c1-2-6-15(7-3-1)19-22-17-11-16(8-9-18(17)23-19)21-13-14-5-4-10-20-12-14/h1-12,21H,13H2. The third kappa shape index (κ3) is 2.92. The summed E-state index contributed by atoms with van der Waals surface area (Å²) >= 11 is 0. The van der Waals surface area contributed by atoms with Crippen LogP contribution in [0, 0.1) is 0 Å². The Morgan fingerprint density at radius 3 is 2.70 bits per heavy atom. The van der Waals surface area contributed by atoms with Gasteiger partial charge >= 0.3 is 0 Å². The summed E-state index contributed by atoms with van der Waals surface area (Å²) < 4.78 is 5.82. The van der Waals surface area contributed by atoms with Gasteiger partial charge in [0.15, 0.2) is 5.58 Å². The maximum atomic E-state index is 5.82. The van der Waals surface area contributed by atoms with Gasteiger partial charge in [0, 0.05) is 30.2 Å². The molecule has 0 unspecified atom stereocenters. The van der Waals surface area contributed by atoms with Crippen molar-refractivity contribution in [2.24, 2.45) is 0 Å². The van der Waals surface area contributed by atoms with E-state index in [-0.39, 0.29) is 0 Å². The van der Waals surface area contributed by atoms with E-state index < -0.39 is 0 Å². The van der Waals surface area contributed by atoms with Crippen molar-refractivity contribution in [3.05, 3.63) is 78.6 Å². The Hall–Kier alpha value is -3.14. The van der Waals surface area contributed by atoms with Crippen LogP contribution in [0.5, 0.6) is 0 Å². The number of benzene rings is 2. The molecule has 2 heterocycles. The Balaban J connectivity index is 1.58. The first kappa shape index (κ1) is 13.5. The minimum absolute atomic E-state index is 0.644. The molecule has 0 spiro atoms. The molecule has 112 valence electrons. The zero-order valence-corrected chi connectivity index (χ0v) is 12.4. The Kier molecular flexibility index (Phi) is 3.48. The second-order valence-electron chi connectivity index (χ2n) is 5.28. The van der Waals surface area contributed by atoms with Crippen molar-refractivity contribution in [2.45, 2.75) is 6.54 Å². The molecule has 0 saturated carbocycles. The summed E-state index contributed by atoms with van der Waals surface area (Å²) in [7, 11) is 0. The Labute approximate surface area is 133 Å². The van der Waals surface area contributed by atoms with Gasteiger partial charge in [-0.3, -0.25) is 4.98 Å². The molecule has 23 heavy (non-hydrogen) atoms. The van der Waals surface area contributed by atoms with E-state index in [0.29, 0.717) is 5.89 Å². The molecule has 4 nitrogen and oxygen atoms in total. The van der Waals surface area contributed by atoms with E-state index in [1.54, 1.807) is 6.20 Å². The fourth-order valence-corrected chi connectivity index (χ4v) is 2.45. The first-order valence-corrected chi connectivity index (χ1v) is 7.47. The molecular weight excluding hydrogens is 286 g/mol. The summed E-state index contributed by atoms with van der Waals surface area (Å²) in [5, 5.41) is 3.38. The molecule has 2 aromatic heterocycles. The first-order chi connectivity index (χ1) is 11.4. The largest absolute Gasteiger partial charge is 0.436 e. The van der Waals surface area contributed by atoms with Crippen molar-refractivity contribution < 1.29 is 4.42 Å². The van der Waals surface area contributed by atoms with Crippen LogP contribution in [-0.4, -0.2) is 9.97 Å². The van der Waals surface area contributed by atoms with Gasteiger partial charge in [0.25, 0.3) is 0 Å². The van der Waals surface area contributed by atoms with Crippen LogP contribution in [0.3, 0.4) is 0 Å². The van der Waals surface area contributed by atoms with Gasteiger partial charge in [0.1, 0.15) is 5.52 Å². The highest BCUT2D eigenvalue weighted by molar-refractivity contribution is 5.80. The molecule has 0 aliphatic heterocycles. The molecule has 0 fully saturated rings. The van der Waals surface area contributed by atoms with E-state index in [9.17, 15) is 0 Å². The molecule has 0 atom stereocenters. The van der Waals surface area contributed by atoms with Crippen LogP contribution in [0.15, 0.2) is 77.5 Å². The van der Waals surface area contributed by atoms with Crippen LogP contribution in [-0.2, 0) is 6.54 Å². The van der Waals surface area contributed by atoms with E-state index in [0.717, 1.165) is 34.5 Å². The number of nitrogens with one attached hydrogen (secondary N) is 1. The predicted octanol–water partition coefficient (Wildman–Crippen LogP) is 4.50. The zero-order chi connectivity index (χ0) is 15.5. The lowest BCUT2D eigenvalue weighted by atomic mass is 10.2. The lowest BCUT2D eigenvalue weighted by Gasteiger charge is -2.05. The minimum Gasteiger partial charge on any atom is -0.436 e. The van der Waals surface area contributed by atoms with Crippen LogP contribution >= 0.6 is 0 Å². The van der Waals surface area contributed by atoms with Crippen molar-refractivity contribution in [1.29, 1.82) is 0 Å². The topological polar surface area (TPSA) is 51.0 Å². The van der Waals surface area contributed by atoms with Gasteiger partial charge in [-0.05, 0) is 42.0 Å². The number of aromatic nitrogens is 2. The molecule has 0 aliphatic rings. The minimum atomic E-state index is 0.644. The number of hydrogen-bond acceptors (Lipinski definition) is 4. The molecule has 0 saturated heterocycles. The van der Waals surface area contributed by atoms with Crippen LogP contribution in [0.4, 0.5) is 5.69 Å². The highest BCUT2D eigenvalue weighted by atomic mass is 16.3. The number of pyridine rings is 1. The molecule has 0 amide bonds. The van der Waals surface area contributed by atoms with Crippen molar-refractivity contribution in [3.8, 4) is 11.5 Å². The molecule has 4 rings (SSSR count). The highest BCUT2D eigenvalue weighted by Gasteiger charge is 2.08. The average Bonchev–Trinajstić information content (AvgIpc) is 3.05. The van der Waals surface area contributed by atoms with Gasteiger partial charge in [-0.25, -0.2) is 4.98 Å². The maximum absolute atomic E-state index is 5.82. The Morgan fingerprint density at radius 1 is 0.957 bits per heavy atom. The van der Waals surface area contributed by atoms with Crippen LogP contribution in [0.1, 0.15) is 5.56 Å². The van der Waals surface area contributed by atoms with E-state index in [1.807, 2.05) is 66.9 Å². The van der Waals surface area contributed by atoms with Gasteiger partial charge in [-0.15, -0.1) is 0 Å². The summed E-state index contributed by atoms with van der Waals surface area (Å²) in [4.78, 5) is 8.70. The first-order valence-electron chi connectivity index (χ1n) is 7.47. The molecule has 0 bridgehead atoms. The molecular formula is C19H15N3O. The summed E-state index contributed by atoms with van der Waals surface area (Å²) in [6.07, 6.45) is 3.63. The number of nitrogens with zero attached hydrogens (tertiary/aromatic N) is 2. The second kappa shape index (κ2) is 5.93. The zero-order valence-electron chi connectivity index (χ0n) is 12.4. The van der Waals surface area contributed by atoms with Crippen molar-refractivity contribution in [2.75, 3.05) is 5.32 Å². The number of rotatable bonds is 4. The SMILES string of the molecule is c1ccc(-c2nc3cc(NCc4cccnc4)ccc3o2)cc1. The maximum Gasteiger partial charge on any atom is 0.227 e. The fraction of sp³-hybridized carbons (Fsp3) is 0.0526. The van der Waals surface area contributed by atoms with Crippen molar-refractivity contribution in [1.82, 2.24) is 9.97 Å². The molecule has 0 aliphatic carbocycles. The summed E-state index contributed by atoms with van der Waals surface area (Å²) in [6, 6.07) is 19.8. The number of hydrogen-bond donors (Lipinski definition) is 1. The Bertz CT molecular complexity index is 917. The monoisotopic (exact) mass is 301 g/mol. The molecule has 4 aromatic rings. The number of fused-ring (bicyclic) bond motifs is 1. The van der Waals surface area contributed by atoms with E-state index >= 15 is 0 Å². The highest BCUT2D eigenvalue weighted by Crippen LogP contribution is 2.26. The lowest BCUT2D eigenvalue weighted by molar-refractivity contribution is 0.620. The molecule has 0 radical (unpaired) electrons. The van der Waals surface area contributed by atoms with Gasteiger partial charge in [0.2, 0.25) is 5.89 Å². The summed E-state index contributed by atoms with van der Waals surface area (Å²) in [5.41, 5.74) is 4.76. The van der Waals surface area contributed by atoms with Crippen molar-refractivity contribution in [3.63, 3.8) is 0 Å². The van der Waals surface area contributed by atoms with E-state index in [1.165, 1.54) is 0 Å². The fourth-order valence-electron chi connectivity index (χ4n) is 2.45. The smallest absolute Gasteiger partial charge is 0.227 e. The normalized spacial score (nSPS) is 10.8. The molecule has 1 N–H and O–H groups in total. The second-order valence-corrected chi connectivity index (χ2v) is 5.28. The van der Waals surface area contributed by atoms with Gasteiger partial charge in [0.05, 0.1) is 0 Å². The summed E-state index contributed by atoms with van der Waals surface area (Å²) in [6.45, 7) is 0.725. The van der Waals surface area contributed by atoms with Crippen LogP contribution < -0.4 is 5.32 Å². The van der Waals surface area contributed by atoms with Gasteiger partial charge in [-0.2, -0.15) is 0 Å². The Morgan fingerprint density at radius 2 is 1.87 bits per heavy atom. The van der Waals surface area contributed by atoms with Gasteiger partial charge < -0.3 is 9.73 Å². The lowest BCUT2D eigenvalue weighted by Crippen LogP contribution is -1.99. The number of anilines is 1. The average molecular weight is 301 g/mol. The van der Waals surface area contributed by atoms with Crippen LogP contribution in [0.2, 0.25) is 0 Å². The van der Waals surface area contributed by atoms with Gasteiger partial charge in [-0.1, -0.05) is 24.3 Å². The van der Waals surface area contributed by atoms with E-state index in [2.05, 4.69) is 15.3 Å². The number of oxazole rings is 1. The van der Waals surface area contributed by atoms with E-state index in [4.69, 9.17) is 4.42 Å². The third-order valence-electron chi connectivity index (χ3n) is 3.63. The van der Waals surface area contributed by atoms with Crippen LogP contribution in [0.25, 0.3) is 22.6 Å². The molecule has 4 heteroatoms. The summed E-state index contributed by atoms with van der Waals surface area (Å²) in [5.74, 6) is 0.644. The predicted molar refractivity (Wildman–Crippen MR) is 91.0 cm³/mol. The third-order valence-corrected chi connectivity index (χ3v) is 3.63. The molecule has 2 aromatic carbocycles. The van der Waals surface area contributed by atoms with Crippen molar-refractivity contribution >= 4 is 16.8 Å². The quantitative estimate of drug-likeness (QED) is 0.603.